The molecule has 134 valence electrons. The molecule has 3 aliphatic rings. The highest BCUT2D eigenvalue weighted by Gasteiger charge is 2.47. The van der Waals surface area contributed by atoms with Crippen LogP contribution in [0.2, 0.25) is 0 Å². The predicted molar refractivity (Wildman–Crippen MR) is 95.6 cm³/mol. The third-order valence-electron chi connectivity index (χ3n) is 6.49. The van der Waals surface area contributed by atoms with Crippen molar-refractivity contribution in [2.75, 3.05) is 24.5 Å². The van der Waals surface area contributed by atoms with Crippen LogP contribution in [0.1, 0.15) is 54.4 Å². The molecule has 2 amide bonds. The largest absolute Gasteiger partial charge is 0.393 e. The van der Waals surface area contributed by atoms with E-state index in [1.54, 1.807) is 0 Å². The second kappa shape index (κ2) is 6.13. The zero-order chi connectivity index (χ0) is 17.6. The summed E-state index contributed by atoms with van der Waals surface area (Å²) >= 11 is 0. The van der Waals surface area contributed by atoms with E-state index in [4.69, 9.17) is 0 Å². The third-order valence-corrected chi connectivity index (χ3v) is 6.49. The van der Waals surface area contributed by atoms with Crippen LogP contribution in [-0.2, 0) is 4.79 Å². The molecule has 4 rings (SSSR count). The first kappa shape index (κ1) is 16.6. The van der Waals surface area contributed by atoms with Crippen molar-refractivity contribution >= 4 is 17.5 Å². The standard InChI is InChI=1S/C20H26N2O3/c1-14-4-5-15(13-16(14)22-10-2-3-18(22)24)19(25)21-11-8-20(9-12-21)7-6-17(20)23/h4-5,13,17,23H,2-3,6-12H2,1H3. The van der Waals surface area contributed by atoms with Gasteiger partial charge in [0.25, 0.3) is 5.91 Å². The Kier molecular flexibility index (Phi) is 4.07. The summed E-state index contributed by atoms with van der Waals surface area (Å²) in [5.74, 6) is 0.183. The minimum absolute atomic E-state index is 0.0385. The predicted octanol–water partition coefficient (Wildman–Crippen LogP) is 2.50. The molecule has 0 bridgehead atoms. The minimum Gasteiger partial charge on any atom is -0.393 e. The average molecular weight is 342 g/mol. The van der Waals surface area contributed by atoms with Gasteiger partial charge in [0.2, 0.25) is 5.91 Å². The van der Waals surface area contributed by atoms with E-state index >= 15 is 0 Å². The lowest BCUT2D eigenvalue weighted by molar-refractivity contribution is -0.117. The average Bonchev–Trinajstić information content (AvgIpc) is 3.06. The Morgan fingerprint density at radius 1 is 1.20 bits per heavy atom. The van der Waals surface area contributed by atoms with Crippen molar-refractivity contribution in [2.24, 2.45) is 5.41 Å². The molecular weight excluding hydrogens is 316 g/mol. The number of hydrogen-bond acceptors (Lipinski definition) is 3. The van der Waals surface area contributed by atoms with Gasteiger partial charge in [-0.15, -0.1) is 0 Å². The van der Waals surface area contributed by atoms with Crippen LogP contribution in [0.5, 0.6) is 0 Å². The molecule has 2 saturated heterocycles. The van der Waals surface area contributed by atoms with Crippen LogP contribution >= 0.6 is 0 Å². The Hall–Kier alpha value is -1.88. The fourth-order valence-electron chi connectivity index (χ4n) is 4.54. The number of aliphatic hydroxyl groups is 1. The Morgan fingerprint density at radius 2 is 1.96 bits per heavy atom. The van der Waals surface area contributed by atoms with Crippen LogP contribution in [0.3, 0.4) is 0 Å². The Morgan fingerprint density at radius 3 is 2.52 bits per heavy atom. The van der Waals surface area contributed by atoms with E-state index in [1.165, 1.54) is 0 Å². The number of aryl methyl sites for hydroxylation is 1. The molecule has 1 saturated carbocycles. The molecule has 2 heterocycles. The van der Waals surface area contributed by atoms with Crippen molar-refractivity contribution in [1.82, 2.24) is 4.90 Å². The van der Waals surface area contributed by atoms with E-state index in [0.29, 0.717) is 25.1 Å². The minimum atomic E-state index is -0.183. The van der Waals surface area contributed by atoms with Gasteiger partial charge < -0.3 is 14.9 Å². The summed E-state index contributed by atoms with van der Waals surface area (Å²) in [4.78, 5) is 28.7. The zero-order valence-corrected chi connectivity index (χ0v) is 14.8. The molecule has 5 heteroatoms. The van der Waals surface area contributed by atoms with E-state index in [2.05, 4.69) is 0 Å². The highest BCUT2D eigenvalue weighted by molar-refractivity contribution is 5.99. The number of hydrogen-bond donors (Lipinski definition) is 1. The maximum absolute atomic E-state index is 12.9. The highest BCUT2D eigenvalue weighted by atomic mass is 16.3. The highest BCUT2D eigenvalue weighted by Crippen LogP contribution is 2.49. The second-order valence-electron chi connectivity index (χ2n) is 7.86. The van der Waals surface area contributed by atoms with Gasteiger partial charge in [0.05, 0.1) is 6.10 Å². The number of anilines is 1. The number of benzene rings is 1. The van der Waals surface area contributed by atoms with Crippen molar-refractivity contribution in [1.29, 1.82) is 0 Å². The van der Waals surface area contributed by atoms with Gasteiger partial charge in [-0.05, 0) is 62.1 Å². The van der Waals surface area contributed by atoms with Gasteiger partial charge in [-0.2, -0.15) is 0 Å². The summed E-state index contributed by atoms with van der Waals surface area (Å²) in [6, 6.07) is 5.68. The van der Waals surface area contributed by atoms with Crippen LogP contribution < -0.4 is 4.90 Å². The van der Waals surface area contributed by atoms with Gasteiger partial charge in [-0.1, -0.05) is 6.07 Å². The lowest BCUT2D eigenvalue weighted by Gasteiger charge is -2.51. The molecule has 0 aromatic heterocycles. The van der Waals surface area contributed by atoms with E-state index in [9.17, 15) is 14.7 Å². The summed E-state index contributed by atoms with van der Waals surface area (Å²) in [7, 11) is 0. The molecule has 1 aromatic rings. The molecule has 1 spiro atoms. The normalized spacial score (nSPS) is 25.4. The third kappa shape index (κ3) is 2.74. The topological polar surface area (TPSA) is 60.9 Å². The molecule has 25 heavy (non-hydrogen) atoms. The fraction of sp³-hybridized carbons (Fsp3) is 0.600. The summed E-state index contributed by atoms with van der Waals surface area (Å²) in [5, 5.41) is 10.0. The van der Waals surface area contributed by atoms with Crippen LogP contribution in [0.15, 0.2) is 18.2 Å². The quantitative estimate of drug-likeness (QED) is 0.898. The molecule has 3 fully saturated rings. The molecule has 1 aliphatic carbocycles. The molecule has 1 aromatic carbocycles. The molecule has 1 unspecified atom stereocenters. The van der Waals surface area contributed by atoms with E-state index < -0.39 is 0 Å². The number of carbonyl (C=O) groups excluding carboxylic acids is 2. The Balaban J connectivity index is 1.50. The monoisotopic (exact) mass is 342 g/mol. The van der Waals surface area contributed by atoms with Crippen LogP contribution in [0, 0.1) is 12.3 Å². The van der Waals surface area contributed by atoms with Crippen LogP contribution in [0.4, 0.5) is 5.69 Å². The summed E-state index contributed by atoms with van der Waals surface area (Å²) < 4.78 is 0. The number of aliphatic hydroxyl groups excluding tert-OH is 1. The van der Waals surface area contributed by atoms with E-state index in [1.807, 2.05) is 34.9 Å². The fourth-order valence-corrected chi connectivity index (χ4v) is 4.54. The summed E-state index contributed by atoms with van der Waals surface area (Å²) in [5.41, 5.74) is 2.63. The first-order valence-electron chi connectivity index (χ1n) is 9.39. The van der Waals surface area contributed by atoms with Crippen molar-refractivity contribution in [3.05, 3.63) is 29.3 Å². The van der Waals surface area contributed by atoms with Gasteiger partial charge in [0.1, 0.15) is 0 Å². The van der Waals surface area contributed by atoms with Gasteiger partial charge >= 0.3 is 0 Å². The lowest BCUT2D eigenvalue weighted by Crippen LogP contribution is -2.53. The van der Waals surface area contributed by atoms with Gasteiger partial charge in [-0.25, -0.2) is 0 Å². The SMILES string of the molecule is Cc1ccc(C(=O)N2CCC3(CCC3O)CC2)cc1N1CCCC1=O. The summed E-state index contributed by atoms with van der Waals surface area (Å²) in [6.45, 7) is 4.14. The number of rotatable bonds is 2. The Labute approximate surface area is 148 Å². The molecule has 1 N–H and O–H groups in total. The number of nitrogens with zero attached hydrogens (tertiary/aromatic N) is 2. The van der Waals surface area contributed by atoms with Crippen molar-refractivity contribution in [3.8, 4) is 0 Å². The zero-order valence-electron chi connectivity index (χ0n) is 14.8. The van der Waals surface area contributed by atoms with Crippen molar-refractivity contribution in [3.63, 3.8) is 0 Å². The first-order valence-corrected chi connectivity index (χ1v) is 9.39. The smallest absolute Gasteiger partial charge is 0.253 e. The lowest BCUT2D eigenvalue weighted by atomic mass is 9.61. The first-order chi connectivity index (χ1) is 12.0. The molecule has 0 radical (unpaired) electrons. The molecule has 1 atom stereocenters. The molecule has 5 nitrogen and oxygen atoms in total. The van der Waals surface area contributed by atoms with Crippen molar-refractivity contribution in [2.45, 2.75) is 51.6 Å². The maximum Gasteiger partial charge on any atom is 0.253 e. The molecule has 2 aliphatic heterocycles. The number of likely N-dealkylation sites (tertiary alicyclic amines) is 1. The van der Waals surface area contributed by atoms with Gasteiger partial charge in [-0.3, -0.25) is 9.59 Å². The Bertz CT molecular complexity index is 707. The van der Waals surface area contributed by atoms with E-state index in [-0.39, 0.29) is 23.3 Å². The number of carbonyl (C=O) groups is 2. The summed E-state index contributed by atoms with van der Waals surface area (Å²) in [6.07, 6.45) is 5.06. The van der Waals surface area contributed by atoms with E-state index in [0.717, 1.165) is 49.9 Å². The molecular formula is C20H26N2O3. The van der Waals surface area contributed by atoms with Gasteiger partial charge in [0, 0.05) is 37.3 Å². The van der Waals surface area contributed by atoms with Gasteiger partial charge in [0.15, 0.2) is 0 Å². The van der Waals surface area contributed by atoms with Crippen LogP contribution in [-0.4, -0.2) is 47.6 Å². The number of amides is 2. The van der Waals surface area contributed by atoms with Crippen molar-refractivity contribution < 1.29 is 14.7 Å². The maximum atomic E-state index is 12.9. The second-order valence-corrected chi connectivity index (χ2v) is 7.86. The number of piperidine rings is 1. The van der Waals surface area contributed by atoms with Crippen LogP contribution in [0.25, 0.3) is 0 Å².